The number of nitrogens with one attached hydrogen (secondary N) is 2. The third-order valence-electron chi connectivity index (χ3n) is 7.15. The Hall–Kier alpha value is -2.41. The lowest BCUT2D eigenvalue weighted by atomic mass is 9.86. The van der Waals surface area contributed by atoms with Crippen LogP contribution in [0.3, 0.4) is 0 Å². The van der Waals surface area contributed by atoms with Crippen LogP contribution in [0.2, 0.25) is 5.02 Å². The lowest BCUT2D eigenvalue weighted by Gasteiger charge is -2.37. The molecule has 0 radical (unpaired) electrons. The molecule has 0 saturated heterocycles. The predicted octanol–water partition coefficient (Wildman–Crippen LogP) is 4.77. The van der Waals surface area contributed by atoms with Crippen molar-refractivity contribution >= 4 is 11.6 Å². The maximum Gasteiger partial charge on any atom is 0.124 e. The van der Waals surface area contributed by atoms with E-state index in [1.807, 2.05) is 12.1 Å². The van der Waals surface area contributed by atoms with Gasteiger partial charge in [0.1, 0.15) is 6.17 Å². The topological polar surface area (TPSA) is 27.3 Å². The number of benzene rings is 2. The van der Waals surface area contributed by atoms with Gasteiger partial charge in [-0.1, -0.05) is 47.7 Å². The molecule has 2 aromatic rings. The summed E-state index contributed by atoms with van der Waals surface area (Å²) in [5.74, 6) is 7.44. The zero-order valence-electron chi connectivity index (χ0n) is 17.8. The van der Waals surface area contributed by atoms with Gasteiger partial charge in [0.25, 0.3) is 0 Å². The summed E-state index contributed by atoms with van der Waals surface area (Å²) in [5, 5.41) is 8.18. The molecule has 1 saturated carbocycles. The van der Waals surface area contributed by atoms with Gasteiger partial charge in [-0.2, -0.15) is 0 Å². The van der Waals surface area contributed by atoms with Crippen molar-refractivity contribution in [3.63, 3.8) is 0 Å². The molecule has 6 rings (SSSR count). The molecule has 3 nitrogen and oxygen atoms in total. The van der Waals surface area contributed by atoms with Gasteiger partial charge in [0.05, 0.1) is 0 Å². The molecule has 0 amide bonds. The zero-order chi connectivity index (χ0) is 20.8. The molecule has 158 valence electrons. The summed E-state index contributed by atoms with van der Waals surface area (Å²) in [4.78, 5) is 2.67. The van der Waals surface area contributed by atoms with Crippen LogP contribution in [0.1, 0.15) is 54.1 Å². The number of rotatable bonds is 2. The minimum absolute atomic E-state index is 0.0842. The van der Waals surface area contributed by atoms with Crippen molar-refractivity contribution in [3.8, 4) is 11.8 Å². The monoisotopic (exact) mass is 429 g/mol. The van der Waals surface area contributed by atoms with Gasteiger partial charge >= 0.3 is 0 Å². The molecular weight excluding hydrogens is 402 g/mol. The van der Waals surface area contributed by atoms with Crippen LogP contribution in [-0.2, 0) is 12.8 Å². The van der Waals surface area contributed by atoms with E-state index in [1.165, 1.54) is 47.3 Å². The Kier molecular flexibility index (Phi) is 4.94. The predicted molar refractivity (Wildman–Crippen MR) is 126 cm³/mol. The summed E-state index contributed by atoms with van der Waals surface area (Å²) in [6.45, 7) is 2.11. The van der Waals surface area contributed by atoms with Crippen LogP contribution in [0.5, 0.6) is 0 Å². The van der Waals surface area contributed by atoms with Crippen LogP contribution in [0, 0.1) is 17.8 Å². The molecule has 2 aromatic carbocycles. The molecule has 2 aliphatic carbocycles. The van der Waals surface area contributed by atoms with E-state index in [1.54, 1.807) is 0 Å². The molecular formula is C27H28ClN3. The second kappa shape index (κ2) is 7.93. The molecule has 1 fully saturated rings. The fraction of sp³-hybridized carbons (Fsp3) is 0.407. The third-order valence-corrected chi connectivity index (χ3v) is 7.50. The SMILES string of the molecule is Clc1ccccc1C1NC2=C(CN(C3CCc4cc(C#CC5CC5)ccc4C3)CC2)N1. The molecule has 2 heterocycles. The fourth-order valence-corrected chi connectivity index (χ4v) is 5.42. The van der Waals surface area contributed by atoms with Crippen molar-refractivity contribution in [1.29, 1.82) is 0 Å². The minimum atomic E-state index is 0.0842. The van der Waals surface area contributed by atoms with Crippen LogP contribution >= 0.6 is 11.6 Å². The second-order valence-electron chi connectivity index (χ2n) is 9.34. The zero-order valence-corrected chi connectivity index (χ0v) is 18.5. The Bertz CT molecular complexity index is 1100. The van der Waals surface area contributed by atoms with Crippen molar-refractivity contribution in [2.45, 2.75) is 50.7 Å². The average molecular weight is 430 g/mol. The van der Waals surface area contributed by atoms with Crippen LogP contribution in [0.15, 0.2) is 53.9 Å². The minimum Gasteiger partial charge on any atom is -0.363 e. The Labute approximate surface area is 189 Å². The molecule has 2 N–H and O–H groups in total. The number of hydrogen-bond donors (Lipinski definition) is 2. The average Bonchev–Trinajstić information content (AvgIpc) is 3.54. The van der Waals surface area contributed by atoms with Crippen molar-refractivity contribution < 1.29 is 0 Å². The van der Waals surface area contributed by atoms with Gasteiger partial charge in [0.2, 0.25) is 0 Å². The molecule has 2 atom stereocenters. The van der Waals surface area contributed by atoms with Crippen molar-refractivity contribution in [1.82, 2.24) is 15.5 Å². The molecule has 4 heteroatoms. The van der Waals surface area contributed by atoms with Gasteiger partial charge in [-0.25, -0.2) is 0 Å². The maximum absolute atomic E-state index is 6.43. The molecule has 0 aromatic heterocycles. The fourth-order valence-electron chi connectivity index (χ4n) is 5.18. The number of aryl methyl sites for hydroxylation is 1. The highest BCUT2D eigenvalue weighted by atomic mass is 35.5. The number of halogens is 1. The van der Waals surface area contributed by atoms with Gasteiger partial charge in [-0.3, -0.25) is 4.90 Å². The molecule has 2 aliphatic heterocycles. The van der Waals surface area contributed by atoms with E-state index in [-0.39, 0.29) is 6.17 Å². The number of fused-ring (bicyclic) bond motifs is 1. The highest BCUT2D eigenvalue weighted by Crippen LogP contribution is 2.33. The maximum atomic E-state index is 6.43. The van der Waals surface area contributed by atoms with E-state index in [4.69, 9.17) is 11.6 Å². The normalized spacial score (nSPS) is 25.1. The van der Waals surface area contributed by atoms with Crippen LogP contribution in [0.4, 0.5) is 0 Å². The van der Waals surface area contributed by atoms with Crippen molar-refractivity contribution in [2.24, 2.45) is 5.92 Å². The highest BCUT2D eigenvalue weighted by molar-refractivity contribution is 6.31. The van der Waals surface area contributed by atoms with E-state index in [0.717, 1.165) is 42.9 Å². The smallest absolute Gasteiger partial charge is 0.124 e. The van der Waals surface area contributed by atoms with Crippen LogP contribution in [-0.4, -0.2) is 24.0 Å². The van der Waals surface area contributed by atoms with E-state index < -0.39 is 0 Å². The van der Waals surface area contributed by atoms with Gasteiger partial charge in [-0.05, 0) is 61.4 Å². The van der Waals surface area contributed by atoms with E-state index in [2.05, 4.69) is 57.7 Å². The van der Waals surface area contributed by atoms with Gasteiger partial charge in [-0.15, -0.1) is 0 Å². The molecule has 4 aliphatic rings. The Morgan fingerprint density at radius 1 is 0.935 bits per heavy atom. The Balaban J connectivity index is 1.12. The second-order valence-corrected chi connectivity index (χ2v) is 9.75. The lowest BCUT2D eigenvalue weighted by Crippen LogP contribution is -2.44. The van der Waals surface area contributed by atoms with Gasteiger partial charge < -0.3 is 10.6 Å². The molecule has 2 unspecified atom stereocenters. The van der Waals surface area contributed by atoms with E-state index in [0.29, 0.717) is 12.0 Å². The van der Waals surface area contributed by atoms with Crippen molar-refractivity contribution in [3.05, 3.63) is 81.1 Å². The first-order valence-corrected chi connectivity index (χ1v) is 12.0. The Morgan fingerprint density at radius 2 is 1.81 bits per heavy atom. The molecule has 0 spiro atoms. The standard InChI is InChI=1S/C27H28ClN3/c28-24-4-2-1-3-23(24)27-29-25-13-14-31(17-26(25)30-27)22-12-11-20-15-19(8-7-18-5-6-18)9-10-21(20)16-22/h1-4,9-10,15,18,22,27,29-30H,5-6,11-14,16-17H2. The van der Waals surface area contributed by atoms with E-state index in [9.17, 15) is 0 Å². The van der Waals surface area contributed by atoms with Crippen LogP contribution in [0.25, 0.3) is 0 Å². The first-order valence-electron chi connectivity index (χ1n) is 11.6. The largest absolute Gasteiger partial charge is 0.363 e. The number of nitrogens with zero attached hydrogens (tertiary/aromatic N) is 1. The summed E-state index contributed by atoms with van der Waals surface area (Å²) < 4.78 is 0. The first kappa shape index (κ1) is 19.3. The molecule has 31 heavy (non-hydrogen) atoms. The summed E-state index contributed by atoms with van der Waals surface area (Å²) in [6, 6.07) is 15.6. The highest BCUT2D eigenvalue weighted by Gasteiger charge is 2.33. The number of hydrogen-bond acceptors (Lipinski definition) is 3. The van der Waals surface area contributed by atoms with Gasteiger partial charge in [0.15, 0.2) is 0 Å². The van der Waals surface area contributed by atoms with Crippen molar-refractivity contribution in [2.75, 3.05) is 13.1 Å². The third kappa shape index (κ3) is 3.95. The summed E-state index contributed by atoms with van der Waals surface area (Å²) in [5.41, 5.74) is 8.04. The molecule has 0 bridgehead atoms. The summed E-state index contributed by atoms with van der Waals surface area (Å²) >= 11 is 6.43. The summed E-state index contributed by atoms with van der Waals surface area (Å²) in [7, 11) is 0. The summed E-state index contributed by atoms with van der Waals surface area (Å²) in [6.07, 6.45) is 7.28. The van der Waals surface area contributed by atoms with E-state index >= 15 is 0 Å². The Morgan fingerprint density at radius 3 is 2.68 bits per heavy atom. The van der Waals surface area contributed by atoms with Gasteiger partial charge in [0, 0.05) is 59.0 Å². The lowest BCUT2D eigenvalue weighted by molar-refractivity contribution is 0.185. The first-order chi connectivity index (χ1) is 15.2. The quantitative estimate of drug-likeness (QED) is 0.673. The van der Waals surface area contributed by atoms with Crippen LogP contribution < -0.4 is 10.6 Å².